The number of aryl methyl sites for hydroxylation is 1. The second-order valence-corrected chi connectivity index (χ2v) is 5.35. The minimum Gasteiger partial charge on any atom is -0.481 e. The number of anilines is 1. The number of carbonyl (C=O) groups is 1. The summed E-state index contributed by atoms with van der Waals surface area (Å²) in [4.78, 5) is 12.8. The average molecular weight is 270 g/mol. The topological polar surface area (TPSA) is 40.5 Å². The molecular weight excluding hydrogens is 250 g/mol. The van der Waals surface area contributed by atoms with Crippen LogP contribution in [0.4, 0.5) is 5.69 Å². The van der Waals surface area contributed by atoms with E-state index in [0.29, 0.717) is 17.5 Å². The van der Waals surface area contributed by atoms with Gasteiger partial charge in [0.25, 0.3) is 0 Å². The Hall–Kier alpha value is -1.22. The van der Waals surface area contributed by atoms with Gasteiger partial charge in [0.15, 0.2) is 0 Å². The number of nitrogens with zero attached hydrogens (tertiary/aromatic N) is 1. The second kappa shape index (κ2) is 6.64. The molecule has 0 amide bonds. The van der Waals surface area contributed by atoms with Gasteiger partial charge < -0.3 is 10.0 Å². The normalized spacial score (nSPS) is 10.7. The lowest BCUT2D eigenvalue weighted by atomic mass is 10.1. The quantitative estimate of drug-likeness (QED) is 0.858. The fourth-order valence-corrected chi connectivity index (χ4v) is 2.18. The highest BCUT2D eigenvalue weighted by atomic mass is 35.5. The fourth-order valence-electron chi connectivity index (χ4n) is 1.96. The fraction of sp³-hybridized carbons (Fsp3) is 0.500. The van der Waals surface area contributed by atoms with Crippen molar-refractivity contribution in [2.45, 2.75) is 27.2 Å². The minimum atomic E-state index is -0.768. The van der Waals surface area contributed by atoms with Gasteiger partial charge in [0.1, 0.15) is 0 Å². The Morgan fingerprint density at radius 1 is 1.44 bits per heavy atom. The van der Waals surface area contributed by atoms with Crippen molar-refractivity contribution >= 4 is 23.3 Å². The molecule has 0 aliphatic carbocycles. The highest BCUT2D eigenvalue weighted by Crippen LogP contribution is 2.24. The van der Waals surface area contributed by atoms with Gasteiger partial charge in [-0.1, -0.05) is 25.4 Å². The van der Waals surface area contributed by atoms with Gasteiger partial charge in [0, 0.05) is 23.8 Å². The number of carboxylic acids is 1. The number of aliphatic carboxylic acids is 1. The van der Waals surface area contributed by atoms with E-state index >= 15 is 0 Å². The first kappa shape index (κ1) is 14.8. The molecule has 0 fully saturated rings. The third-order valence-corrected chi connectivity index (χ3v) is 2.92. The summed E-state index contributed by atoms with van der Waals surface area (Å²) in [6.07, 6.45) is 0.148. The molecule has 0 atom stereocenters. The zero-order valence-electron chi connectivity index (χ0n) is 11.1. The van der Waals surface area contributed by atoms with Crippen molar-refractivity contribution in [2.24, 2.45) is 5.92 Å². The van der Waals surface area contributed by atoms with Crippen LogP contribution in [0.1, 0.15) is 25.8 Å². The van der Waals surface area contributed by atoms with Crippen LogP contribution in [0.3, 0.4) is 0 Å². The van der Waals surface area contributed by atoms with Crippen LogP contribution in [-0.2, 0) is 4.79 Å². The molecule has 0 aliphatic rings. The molecular formula is C14H20ClNO2. The summed E-state index contributed by atoms with van der Waals surface area (Å²) in [5.74, 6) is -0.288. The second-order valence-electron chi connectivity index (χ2n) is 4.91. The summed E-state index contributed by atoms with van der Waals surface area (Å²) in [6.45, 7) is 7.61. The smallest absolute Gasteiger partial charge is 0.305 e. The van der Waals surface area contributed by atoms with Gasteiger partial charge in [-0.2, -0.15) is 0 Å². The molecule has 4 heteroatoms. The molecule has 1 aromatic rings. The SMILES string of the molecule is Cc1cc(Cl)ccc1N(CCC(=O)O)CC(C)C. The summed E-state index contributed by atoms with van der Waals surface area (Å²) < 4.78 is 0. The summed E-state index contributed by atoms with van der Waals surface area (Å²) in [5.41, 5.74) is 2.14. The van der Waals surface area contributed by atoms with Crippen molar-refractivity contribution in [1.82, 2.24) is 0 Å². The zero-order valence-corrected chi connectivity index (χ0v) is 11.9. The molecule has 1 aromatic carbocycles. The average Bonchev–Trinajstić information content (AvgIpc) is 2.24. The molecule has 18 heavy (non-hydrogen) atoms. The number of hydrogen-bond donors (Lipinski definition) is 1. The van der Waals surface area contributed by atoms with Crippen LogP contribution in [0, 0.1) is 12.8 Å². The maximum absolute atomic E-state index is 10.7. The van der Waals surface area contributed by atoms with Crippen molar-refractivity contribution in [3.63, 3.8) is 0 Å². The number of carboxylic acid groups (broad SMARTS) is 1. The molecule has 0 unspecified atom stereocenters. The largest absolute Gasteiger partial charge is 0.481 e. The first-order chi connectivity index (χ1) is 8.40. The highest BCUT2D eigenvalue weighted by molar-refractivity contribution is 6.30. The van der Waals surface area contributed by atoms with Crippen LogP contribution in [0.5, 0.6) is 0 Å². The lowest BCUT2D eigenvalue weighted by molar-refractivity contribution is -0.136. The Bertz CT molecular complexity index is 418. The van der Waals surface area contributed by atoms with Crippen molar-refractivity contribution in [3.05, 3.63) is 28.8 Å². The first-order valence-electron chi connectivity index (χ1n) is 6.13. The zero-order chi connectivity index (χ0) is 13.7. The predicted octanol–water partition coefficient (Wildman–Crippen LogP) is 3.59. The standard InChI is InChI=1S/C14H20ClNO2/c1-10(2)9-16(7-6-14(17)18)13-5-4-12(15)8-11(13)3/h4-5,8,10H,6-7,9H2,1-3H3,(H,17,18). The number of halogens is 1. The summed E-state index contributed by atoms with van der Waals surface area (Å²) in [6, 6.07) is 5.71. The maximum atomic E-state index is 10.7. The molecule has 100 valence electrons. The molecule has 0 bridgehead atoms. The highest BCUT2D eigenvalue weighted by Gasteiger charge is 2.12. The van der Waals surface area contributed by atoms with Crippen LogP contribution < -0.4 is 4.90 Å². The van der Waals surface area contributed by atoms with E-state index < -0.39 is 5.97 Å². The Morgan fingerprint density at radius 3 is 2.61 bits per heavy atom. The predicted molar refractivity (Wildman–Crippen MR) is 75.5 cm³/mol. The maximum Gasteiger partial charge on any atom is 0.305 e. The Morgan fingerprint density at radius 2 is 2.11 bits per heavy atom. The van der Waals surface area contributed by atoms with E-state index in [2.05, 4.69) is 18.7 Å². The van der Waals surface area contributed by atoms with Gasteiger partial charge in [-0.3, -0.25) is 4.79 Å². The molecule has 1 rings (SSSR count). The van der Waals surface area contributed by atoms with Crippen LogP contribution >= 0.6 is 11.6 Å². The van der Waals surface area contributed by atoms with E-state index in [1.807, 2.05) is 25.1 Å². The molecule has 3 nitrogen and oxygen atoms in total. The summed E-state index contributed by atoms with van der Waals surface area (Å²) >= 11 is 5.94. The van der Waals surface area contributed by atoms with Gasteiger partial charge in [-0.15, -0.1) is 0 Å². The number of benzene rings is 1. The van der Waals surface area contributed by atoms with Crippen molar-refractivity contribution in [2.75, 3.05) is 18.0 Å². The van der Waals surface area contributed by atoms with E-state index in [4.69, 9.17) is 16.7 Å². The Balaban J connectivity index is 2.89. The molecule has 0 aliphatic heterocycles. The van der Waals surface area contributed by atoms with Crippen molar-refractivity contribution in [3.8, 4) is 0 Å². The van der Waals surface area contributed by atoms with E-state index in [1.165, 1.54) is 0 Å². The van der Waals surface area contributed by atoms with Crippen LogP contribution in [-0.4, -0.2) is 24.2 Å². The van der Waals surface area contributed by atoms with E-state index in [-0.39, 0.29) is 6.42 Å². The molecule has 0 radical (unpaired) electrons. The van der Waals surface area contributed by atoms with Gasteiger partial charge in [0.2, 0.25) is 0 Å². The summed E-state index contributed by atoms with van der Waals surface area (Å²) in [7, 11) is 0. The van der Waals surface area contributed by atoms with Gasteiger partial charge in [-0.25, -0.2) is 0 Å². The third kappa shape index (κ3) is 4.57. The van der Waals surface area contributed by atoms with Crippen molar-refractivity contribution < 1.29 is 9.90 Å². The van der Waals surface area contributed by atoms with Gasteiger partial charge in [-0.05, 0) is 36.6 Å². The monoisotopic (exact) mass is 269 g/mol. The van der Waals surface area contributed by atoms with Gasteiger partial charge >= 0.3 is 5.97 Å². The number of rotatable bonds is 6. The molecule has 0 saturated carbocycles. The number of hydrogen-bond acceptors (Lipinski definition) is 2. The summed E-state index contributed by atoms with van der Waals surface area (Å²) in [5, 5.41) is 9.52. The van der Waals surface area contributed by atoms with E-state index in [0.717, 1.165) is 17.8 Å². The Kier molecular flexibility index (Phi) is 5.48. The molecule has 0 saturated heterocycles. The van der Waals surface area contributed by atoms with E-state index in [1.54, 1.807) is 0 Å². The third-order valence-electron chi connectivity index (χ3n) is 2.68. The van der Waals surface area contributed by atoms with E-state index in [9.17, 15) is 4.79 Å². The molecule has 0 heterocycles. The first-order valence-corrected chi connectivity index (χ1v) is 6.51. The van der Waals surface area contributed by atoms with Gasteiger partial charge in [0.05, 0.1) is 6.42 Å². The van der Waals surface area contributed by atoms with Crippen molar-refractivity contribution in [1.29, 1.82) is 0 Å². The van der Waals surface area contributed by atoms with Crippen LogP contribution in [0.25, 0.3) is 0 Å². The Labute approximate surface area is 113 Å². The lowest BCUT2D eigenvalue weighted by Gasteiger charge is -2.27. The van der Waals surface area contributed by atoms with Crippen LogP contribution in [0.15, 0.2) is 18.2 Å². The molecule has 0 aromatic heterocycles. The molecule has 0 spiro atoms. The lowest BCUT2D eigenvalue weighted by Crippen LogP contribution is -2.30. The minimum absolute atomic E-state index is 0.148. The molecule has 1 N–H and O–H groups in total. The van der Waals surface area contributed by atoms with Crippen LogP contribution in [0.2, 0.25) is 5.02 Å².